The van der Waals surface area contributed by atoms with Crippen LogP contribution in [0.15, 0.2) is 59.8 Å². The number of thiophene rings is 1. The van der Waals surface area contributed by atoms with Crippen LogP contribution in [0.5, 0.6) is 5.75 Å². The molecule has 2 aromatic carbocycles. The summed E-state index contributed by atoms with van der Waals surface area (Å²) in [5.41, 5.74) is 1.61. The smallest absolute Gasteiger partial charge is 0.340 e. The number of aromatic hydroxyl groups is 1. The van der Waals surface area contributed by atoms with E-state index in [9.17, 15) is 14.7 Å². The molecule has 8 heteroatoms. The molecule has 6 nitrogen and oxygen atoms in total. The lowest BCUT2D eigenvalue weighted by molar-refractivity contribution is -0.139. The molecule has 1 aromatic heterocycles. The third-order valence-electron chi connectivity index (χ3n) is 5.64. The maximum atomic E-state index is 12.7. The van der Waals surface area contributed by atoms with Crippen LogP contribution in [0.4, 0.5) is 0 Å². The van der Waals surface area contributed by atoms with E-state index < -0.39 is 11.9 Å². The van der Waals surface area contributed by atoms with Crippen molar-refractivity contribution in [2.45, 2.75) is 19.5 Å². The highest BCUT2D eigenvalue weighted by molar-refractivity contribution is 7.19. The molecule has 1 aliphatic rings. The van der Waals surface area contributed by atoms with Crippen LogP contribution in [0.1, 0.15) is 29.0 Å². The topological polar surface area (TPSA) is 76.1 Å². The van der Waals surface area contributed by atoms with E-state index in [1.165, 1.54) is 20.3 Å². The molecule has 0 radical (unpaired) electrons. The van der Waals surface area contributed by atoms with Gasteiger partial charge in [-0.2, -0.15) is 0 Å². The number of hydrogen-bond acceptors (Lipinski definition) is 7. The van der Waals surface area contributed by atoms with Crippen LogP contribution in [-0.4, -0.2) is 36.2 Å². The Labute approximate surface area is 200 Å². The first-order valence-electron chi connectivity index (χ1n) is 10.2. The molecule has 1 atom stereocenters. The Morgan fingerprint density at radius 2 is 1.79 bits per heavy atom. The number of halogens is 1. The van der Waals surface area contributed by atoms with Crippen LogP contribution >= 0.6 is 22.9 Å². The van der Waals surface area contributed by atoms with Crippen molar-refractivity contribution in [1.82, 2.24) is 4.90 Å². The highest BCUT2D eigenvalue weighted by Crippen LogP contribution is 2.39. The van der Waals surface area contributed by atoms with Gasteiger partial charge in [-0.3, -0.25) is 0 Å². The molecule has 4 rings (SSSR count). The lowest BCUT2D eigenvalue weighted by atomic mass is 9.93. The summed E-state index contributed by atoms with van der Waals surface area (Å²) < 4.78 is 11.0. The number of methoxy groups -OCH3 is 2. The number of rotatable bonds is 4. The van der Waals surface area contributed by atoms with Gasteiger partial charge in [0.15, 0.2) is 0 Å². The average Bonchev–Trinajstić information content (AvgIpc) is 3.14. The molecule has 3 aromatic rings. The molecule has 0 saturated heterocycles. The summed E-state index contributed by atoms with van der Waals surface area (Å²) >= 11 is 8.26. The van der Waals surface area contributed by atoms with E-state index in [0.717, 1.165) is 20.5 Å². The Morgan fingerprint density at radius 3 is 2.48 bits per heavy atom. The number of fused-ring (bicyclic) bond motifs is 2. The van der Waals surface area contributed by atoms with Gasteiger partial charge in [-0.05, 0) is 42.3 Å². The number of ether oxygens (including phenoxy) is 2. The number of phenols is 1. The summed E-state index contributed by atoms with van der Waals surface area (Å²) in [4.78, 5) is 28.2. The highest BCUT2D eigenvalue weighted by Gasteiger charge is 2.29. The van der Waals surface area contributed by atoms with Gasteiger partial charge in [-0.25, -0.2) is 9.59 Å². The van der Waals surface area contributed by atoms with Gasteiger partial charge in [0.05, 0.1) is 43.0 Å². The van der Waals surface area contributed by atoms with Gasteiger partial charge >= 0.3 is 11.9 Å². The first-order chi connectivity index (χ1) is 15.8. The number of carbonyl (C=O) groups is 2. The SMILES string of the molecule is COC(=O)C1=Cc2ccc(O)cc2C(C)N(Cc2sc3ccccc3c2Cl)C=C1C(=O)OC. The Morgan fingerprint density at radius 1 is 1.09 bits per heavy atom. The number of hydrogen-bond donors (Lipinski definition) is 1. The molecule has 33 heavy (non-hydrogen) atoms. The minimum absolute atomic E-state index is 0.0654. The number of phenolic OH excluding ortho intramolecular Hbond substituents is 1. The van der Waals surface area contributed by atoms with Crippen molar-refractivity contribution < 1.29 is 24.2 Å². The van der Waals surface area contributed by atoms with Gasteiger partial charge < -0.3 is 19.5 Å². The summed E-state index contributed by atoms with van der Waals surface area (Å²) in [5.74, 6) is -1.22. The zero-order chi connectivity index (χ0) is 23.7. The predicted octanol–water partition coefficient (Wildman–Crippen LogP) is 5.45. The van der Waals surface area contributed by atoms with Crippen molar-refractivity contribution in [3.05, 3.63) is 80.8 Å². The predicted molar refractivity (Wildman–Crippen MR) is 129 cm³/mol. The summed E-state index contributed by atoms with van der Waals surface area (Å²) in [6.07, 6.45) is 3.19. The molecular formula is C25H22ClNO5S. The van der Waals surface area contributed by atoms with Gasteiger partial charge in [-0.1, -0.05) is 35.9 Å². The maximum Gasteiger partial charge on any atom is 0.340 e. The Bertz CT molecular complexity index is 1310. The molecule has 0 amide bonds. The Kier molecular flexibility index (Phi) is 6.44. The second-order valence-corrected chi connectivity index (χ2v) is 9.10. The molecule has 0 aliphatic carbocycles. The third-order valence-corrected chi connectivity index (χ3v) is 7.34. The molecule has 2 heterocycles. The van der Waals surface area contributed by atoms with Crippen LogP contribution in [0, 0.1) is 0 Å². The lowest BCUT2D eigenvalue weighted by Crippen LogP contribution is -2.26. The van der Waals surface area contributed by atoms with Gasteiger partial charge in [0.1, 0.15) is 5.75 Å². The largest absolute Gasteiger partial charge is 0.508 e. The van der Waals surface area contributed by atoms with E-state index in [2.05, 4.69) is 0 Å². The quantitative estimate of drug-likeness (QED) is 0.497. The monoisotopic (exact) mass is 483 g/mol. The molecule has 1 N–H and O–H groups in total. The molecule has 1 unspecified atom stereocenters. The zero-order valence-corrected chi connectivity index (χ0v) is 19.9. The molecule has 0 fully saturated rings. The zero-order valence-electron chi connectivity index (χ0n) is 18.3. The molecule has 170 valence electrons. The molecule has 0 bridgehead atoms. The van der Waals surface area contributed by atoms with Crippen LogP contribution < -0.4 is 0 Å². The first kappa shape index (κ1) is 22.9. The van der Waals surface area contributed by atoms with E-state index >= 15 is 0 Å². The molecular weight excluding hydrogens is 462 g/mol. The Hall–Kier alpha value is -3.29. The Balaban J connectivity index is 1.91. The fourth-order valence-corrected chi connectivity index (χ4v) is 5.38. The van der Waals surface area contributed by atoms with E-state index in [1.807, 2.05) is 36.1 Å². The van der Waals surface area contributed by atoms with Crippen molar-refractivity contribution in [1.29, 1.82) is 0 Å². The minimum Gasteiger partial charge on any atom is -0.508 e. The number of carbonyl (C=O) groups excluding carboxylic acids is 2. The summed E-state index contributed by atoms with van der Waals surface area (Å²) in [7, 11) is 2.52. The molecule has 0 spiro atoms. The van der Waals surface area contributed by atoms with Crippen LogP contribution in [-0.2, 0) is 25.6 Å². The van der Waals surface area contributed by atoms with E-state index in [0.29, 0.717) is 17.1 Å². The first-order valence-corrected chi connectivity index (χ1v) is 11.4. The van der Waals surface area contributed by atoms with Gasteiger partial charge in [0.25, 0.3) is 0 Å². The third kappa shape index (κ3) is 4.34. The lowest BCUT2D eigenvalue weighted by Gasteiger charge is -2.31. The van der Waals surface area contributed by atoms with Crippen molar-refractivity contribution in [2.75, 3.05) is 14.2 Å². The second kappa shape index (κ2) is 9.29. The summed E-state index contributed by atoms with van der Waals surface area (Å²) in [6.45, 7) is 2.34. The highest BCUT2D eigenvalue weighted by atomic mass is 35.5. The molecule has 1 aliphatic heterocycles. The summed E-state index contributed by atoms with van der Waals surface area (Å²) in [5, 5.41) is 11.8. The van der Waals surface area contributed by atoms with Crippen molar-refractivity contribution in [3.8, 4) is 5.75 Å². The standard InChI is InChI=1S/C25H22ClNO5S/c1-14-18-11-16(28)9-8-15(18)10-19(24(29)31-2)20(25(30)32-3)12-27(14)13-22-23(26)17-6-4-5-7-21(17)33-22/h4-12,14,28H,13H2,1-3H3. The summed E-state index contributed by atoms with van der Waals surface area (Å²) in [6, 6.07) is 12.5. The van der Waals surface area contributed by atoms with Crippen molar-refractivity contribution >= 4 is 51.0 Å². The van der Waals surface area contributed by atoms with Crippen LogP contribution in [0.3, 0.4) is 0 Å². The van der Waals surface area contributed by atoms with E-state index in [-0.39, 0.29) is 22.9 Å². The van der Waals surface area contributed by atoms with E-state index in [4.69, 9.17) is 21.1 Å². The molecule has 0 saturated carbocycles. The number of nitrogens with zero attached hydrogens (tertiary/aromatic N) is 1. The minimum atomic E-state index is -0.667. The van der Waals surface area contributed by atoms with Crippen molar-refractivity contribution in [3.63, 3.8) is 0 Å². The van der Waals surface area contributed by atoms with Crippen LogP contribution in [0.2, 0.25) is 5.02 Å². The number of benzene rings is 2. The van der Waals surface area contributed by atoms with Gasteiger partial charge in [-0.15, -0.1) is 11.3 Å². The normalized spacial score (nSPS) is 15.8. The van der Waals surface area contributed by atoms with Gasteiger partial charge in [0, 0.05) is 21.2 Å². The van der Waals surface area contributed by atoms with Crippen LogP contribution in [0.25, 0.3) is 16.2 Å². The number of esters is 2. The second-order valence-electron chi connectivity index (χ2n) is 7.58. The maximum absolute atomic E-state index is 12.7. The fraction of sp³-hybridized carbons (Fsp3) is 0.200. The average molecular weight is 484 g/mol. The fourth-order valence-electron chi connectivity index (χ4n) is 3.88. The van der Waals surface area contributed by atoms with E-state index in [1.54, 1.807) is 35.7 Å². The van der Waals surface area contributed by atoms with Gasteiger partial charge in [0.2, 0.25) is 0 Å². The van der Waals surface area contributed by atoms with Crippen molar-refractivity contribution in [2.24, 2.45) is 0 Å².